The lowest BCUT2D eigenvalue weighted by atomic mass is 9.79. The summed E-state index contributed by atoms with van der Waals surface area (Å²) >= 11 is 3.89. The van der Waals surface area contributed by atoms with Gasteiger partial charge in [0.15, 0.2) is 5.12 Å². The Balaban J connectivity index is 1.82. The first-order chi connectivity index (χ1) is 11.2. The molecule has 0 saturated heterocycles. The quantitative estimate of drug-likeness (QED) is 0.728. The van der Waals surface area contributed by atoms with Crippen LogP contribution in [0.2, 0.25) is 0 Å². The molecule has 0 radical (unpaired) electrons. The topological polar surface area (TPSA) is 17.1 Å². The molecule has 2 heteroatoms. The average molecular weight is 318 g/mol. The van der Waals surface area contributed by atoms with Gasteiger partial charge in [-0.15, -0.1) is 12.6 Å². The number of allylic oxidation sites excluding steroid dienone is 16. The van der Waals surface area contributed by atoms with Crippen molar-refractivity contribution in [1.29, 1.82) is 0 Å². The molecule has 0 heterocycles. The van der Waals surface area contributed by atoms with Crippen LogP contribution in [-0.2, 0) is 4.79 Å². The minimum Gasteiger partial charge on any atom is -0.287 e. The van der Waals surface area contributed by atoms with Crippen molar-refractivity contribution in [3.8, 4) is 0 Å². The molecule has 4 rings (SSSR count). The molecule has 4 aliphatic rings. The third-order valence-electron chi connectivity index (χ3n) is 4.66. The summed E-state index contributed by atoms with van der Waals surface area (Å²) in [5.41, 5.74) is 7.77. The van der Waals surface area contributed by atoms with Gasteiger partial charge >= 0.3 is 0 Å². The standard InChI is InChI=1S/C21H18OS/c22-20(23)10-6-14-11-15-5-7-16-3-1-2-4-17-8-9-18(12-14)19(13-15)21(16)17/h1,3-5,7-9,11-13,19H,2,6,10H2,(H,22,23). The number of carbonyl (C=O) groups is 1. The Kier molecular flexibility index (Phi) is 3.70. The third kappa shape index (κ3) is 2.79. The van der Waals surface area contributed by atoms with Crippen LogP contribution in [0.3, 0.4) is 0 Å². The van der Waals surface area contributed by atoms with Crippen LogP contribution >= 0.6 is 12.6 Å². The lowest BCUT2D eigenvalue weighted by molar-refractivity contribution is -0.110. The van der Waals surface area contributed by atoms with Gasteiger partial charge in [-0.05, 0) is 46.3 Å². The monoisotopic (exact) mass is 318 g/mol. The van der Waals surface area contributed by atoms with E-state index in [0.717, 1.165) is 12.8 Å². The summed E-state index contributed by atoms with van der Waals surface area (Å²) in [6, 6.07) is 0. The lowest BCUT2D eigenvalue weighted by Crippen LogP contribution is -2.11. The van der Waals surface area contributed by atoms with Crippen LogP contribution in [0.4, 0.5) is 0 Å². The summed E-state index contributed by atoms with van der Waals surface area (Å²) < 4.78 is 0. The van der Waals surface area contributed by atoms with Gasteiger partial charge in [-0.25, -0.2) is 0 Å². The van der Waals surface area contributed by atoms with E-state index in [2.05, 4.69) is 73.4 Å². The van der Waals surface area contributed by atoms with Crippen molar-refractivity contribution < 1.29 is 4.79 Å². The minimum atomic E-state index is -0.0541. The van der Waals surface area contributed by atoms with Gasteiger partial charge in [0, 0.05) is 12.3 Å². The first-order valence-corrected chi connectivity index (χ1v) is 8.48. The smallest absolute Gasteiger partial charge is 0.186 e. The molecule has 1 nitrogen and oxygen atoms in total. The summed E-state index contributed by atoms with van der Waals surface area (Å²) in [5.74, 6) is 0.300. The van der Waals surface area contributed by atoms with E-state index in [4.69, 9.17) is 0 Å². The highest BCUT2D eigenvalue weighted by molar-refractivity contribution is 7.96. The number of hydrogen-bond acceptors (Lipinski definition) is 1. The highest BCUT2D eigenvalue weighted by Crippen LogP contribution is 2.42. The van der Waals surface area contributed by atoms with Gasteiger partial charge < -0.3 is 0 Å². The SMILES string of the molecule is O=C(S)CCC1=CC2=CC3C(=C1)C=CC1=CCC=CC(=C13)C=C2. The van der Waals surface area contributed by atoms with Crippen molar-refractivity contribution >= 4 is 17.7 Å². The van der Waals surface area contributed by atoms with Crippen LogP contribution in [0.25, 0.3) is 0 Å². The van der Waals surface area contributed by atoms with Crippen molar-refractivity contribution in [2.75, 3.05) is 0 Å². The molecule has 1 unspecified atom stereocenters. The van der Waals surface area contributed by atoms with Crippen molar-refractivity contribution in [3.63, 3.8) is 0 Å². The van der Waals surface area contributed by atoms with Crippen LogP contribution in [0, 0.1) is 5.92 Å². The first-order valence-electron chi connectivity index (χ1n) is 8.04. The molecule has 2 bridgehead atoms. The molecule has 4 aliphatic carbocycles. The van der Waals surface area contributed by atoms with E-state index < -0.39 is 0 Å². The van der Waals surface area contributed by atoms with Crippen molar-refractivity contribution in [3.05, 3.63) is 94.2 Å². The second-order valence-corrected chi connectivity index (χ2v) is 6.73. The summed E-state index contributed by atoms with van der Waals surface area (Å²) in [5, 5.41) is -0.0541. The van der Waals surface area contributed by atoms with Gasteiger partial charge in [0.05, 0.1) is 0 Å². The zero-order valence-electron chi connectivity index (χ0n) is 12.8. The maximum absolute atomic E-state index is 11.2. The predicted octanol–water partition coefficient (Wildman–Crippen LogP) is 4.95. The van der Waals surface area contributed by atoms with Gasteiger partial charge in [0.2, 0.25) is 0 Å². The molecule has 0 fully saturated rings. The highest BCUT2D eigenvalue weighted by atomic mass is 32.1. The van der Waals surface area contributed by atoms with E-state index in [1.54, 1.807) is 0 Å². The van der Waals surface area contributed by atoms with Crippen LogP contribution in [0.1, 0.15) is 19.3 Å². The Bertz CT molecular complexity index is 822. The molecule has 0 aromatic heterocycles. The van der Waals surface area contributed by atoms with E-state index >= 15 is 0 Å². The van der Waals surface area contributed by atoms with Gasteiger partial charge in [-0.2, -0.15) is 0 Å². The number of hydrogen-bond donors (Lipinski definition) is 1. The Morgan fingerprint density at radius 3 is 2.91 bits per heavy atom. The molecular weight excluding hydrogens is 300 g/mol. The van der Waals surface area contributed by atoms with Crippen LogP contribution in [0.15, 0.2) is 94.2 Å². The van der Waals surface area contributed by atoms with Gasteiger partial charge in [0.25, 0.3) is 0 Å². The Morgan fingerprint density at radius 1 is 1.13 bits per heavy atom. The van der Waals surface area contributed by atoms with E-state index in [0.29, 0.717) is 12.3 Å². The molecule has 0 amide bonds. The summed E-state index contributed by atoms with van der Waals surface area (Å²) in [6.07, 6.45) is 24.6. The fourth-order valence-electron chi connectivity index (χ4n) is 3.59. The second-order valence-electron chi connectivity index (χ2n) is 6.23. The second kappa shape index (κ2) is 5.86. The van der Waals surface area contributed by atoms with Crippen molar-refractivity contribution in [2.45, 2.75) is 19.3 Å². The van der Waals surface area contributed by atoms with Crippen LogP contribution in [-0.4, -0.2) is 5.12 Å². The Labute approximate surface area is 142 Å². The summed E-state index contributed by atoms with van der Waals surface area (Å²) in [6.45, 7) is 0. The first kappa shape index (κ1) is 14.5. The third-order valence-corrected chi connectivity index (χ3v) is 4.89. The van der Waals surface area contributed by atoms with E-state index in [9.17, 15) is 4.79 Å². The van der Waals surface area contributed by atoms with Crippen molar-refractivity contribution in [1.82, 2.24) is 0 Å². The van der Waals surface area contributed by atoms with Gasteiger partial charge in [0.1, 0.15) is 0 Å². The molecule has 0 saturated carbocycles. The number of carbonyl (C=O) groups excluding carboxylic acids is 1. The zero-order valence-corrected chi connectivity index (χ0v) is 13.7. The molecule has 0 spiro atoms. The molecular formula is C21H18OS. The summed E-state index contributed by atoms with van der Waals surface area (Å²) in [4.78, 5) is 11.2. The maximum atomic E-state index is 11.2. The molecule has 0 aromatic rings. The molecule has 0 N–H and O–H groups in total. The van der Waals surface area contributed by atoms with Crippen molar-refractivity contribution in [2.24, 2.45) is 5.92 Å². The van der Waals surface area contributed by atoms with E-state index in [1.807, 2.05) is 0 Å². The molecule has 0 aliphatic heterocycles. The fourth-order valence-corrected chi connectivity index (χ4v) is 3.70. The molecule has 114 valence electrons. The molecule has 0 aromatic carbocycles. The molecule has 1 atom stereocenters. The maximum Gasteiger partial charge on any atom is 0.186 e. The largest absolute Gasteiger partial charge is 0.287 e. The lowest BCUT2D eigenvalue weighted by Gasteiger charge is -2.25. The Morgan fingerprint density at radius 2 is 2.04 bits per heavy atom. The predicted molar refractivity (Wildman–Crippen MR) is 98.1 cm³/mol. The van der Waals surface area contributed by atoms with Gasteiger partial charge in [-0.1, -0.05) is 60.8 Å². The van der Waals surface area contributed by atoms with Crippen LogP contribution < -0.4 is 0 Å². The van der Waals surface area contributed by atoms with E-state index in [-0.39, 0.29) is 5.12 Å². The summed E-state index contributed by atoms with van der Waals surface area (Å²) in [7, 11) is 0. The average Bonchev–Trinajstić information content (AvgIpc) is 2.92. The zero-order chi connectivity index (χ0) is 15.8. The molecule has 23 heavy (non-hydrogen) atoms. The highest BCUT2D eigenvalue weighted by Gasteiger charge is 2.27. The van der Waals surface area contributed by atoms with Crippen LogP contribution in [0.5, 0.6) is 0 Å². The minimum absolute atomic E-state index is 0.0541. The Hall–Kier alpha value is -2.06. The fraction of sp³-hybridized carbons (Fsp3) is 0.190. The van der Waals surface area contributed by atoms with Gasteiger partial charge in [-0.3, -0.25) is 4.79 Å². The van der Waals surface area contributed by atoms with E-state index in [1.165, 1.54) is 33.4 Å². The number of thiol groups is 1. The number of rotatable bonds is 3. The normalized spacial score (nSPS) is 24.1.